The largest absolute Gasteiger partial charge is 0 e. The standard InChI is InChI=1S/C20H15FNS.C18H24GeN.Ir/c1-12(2)13-9-10-22-17(11-13)14-5-3-6-15-19-16(21)7-4-8-18(19)23-20(14)15;1-13(2)16-11-18(15-9-7-14(3)8-10-15)20-12-17(16)19(4,5)6;/h3-4,6-12H,1-2H3;7-9,11-13H,1-6H3;/q2*-1;/i12D;3D3,13D;. The molecule has 0 atom stereocenters. The summed E-state index contributed by atoms with van der Waals surface area (Å²) in [5.74, 6) is 5.28. The van der Waals surface area contributed by atoms with Crippen molar-refractivity contribution in [2.24, 2.45) is 0 Å². The SMILES string of the molecule is [2H]C(C)(C)c1ccnc(-c2[c-]ccc3c2sc2cccc(F)c23)c1.[2H]C([2H])([2H])c1c[c-]c(-c2cc(C([2H])(C)C)[c]([Ge]([CH3])([CH3])[CH3])cn2)cc1.[Ir]. The van der Waals surface area contributed by atoms with Gasteiger partial charge < -0.3 is 4.98 Å². The third-order valence-electron chi connectivity index (χ3n) is 7.34. The molecule has 0 saturated heterocycles. The first-order valence-electron chi connectivity index (χ1n) is 16.8. The minimum Gasteiger partial charge on any atom is 0 e. The van der Waals surface area contributed by atoms with Crippen molar-refractivity contribution >= 4 is 49.2 Å². The molecule has 0 aliphatic carbocycles. The Kier molecular flexibility index (Phi) is 8.88. The van der Waals surface area contributed by atoms with Gasteiger partial charge in [0.25, 0.3) is 0 Å². The maximum atomic E-state index is 14.3. The summed E-state index contributed by atoms with van der Waals surface area (Å²) in [5.41, 5.74) is 5.29. The predicted octanol–water partition coefficient (Wildman–Crippen LogP) is 10.7. The van der Waals surface area contributed by atoms with Gasteiger partial charge in [-0.05, 0) is 34.5 Å². The molecule has 2 nitrogen and oxygen atoms in total. The van der Waals surface area contributed by atoms with E-state index in [2.05, 4.69) is 39.4 Å². The van der Waals surface area contributed by atoms with Crippen LogP contribution in [0.1, 0.15) is 63.0 Å². The number of hydrogen-bond acceptors (Lipinski definition) is 3. The molecule has 0 aliphatic rings. The van der Waals surface area contributed by atoms with Crippen molar-refractivity contribution in [2.75, 3.05) is 0 Å². The molecule has 0 N–H and O–H groups in total. The Morgan fingerprint density at radius 3 is 2.39 bits per heavy atom. The number of hydrogen-bond donors (Lipinski definition) is 0. The fourth-order valence-electron chi connectivity index (χ4n) is 5.01. The van der Waals surface area contributed by atoms with E-state index >= 15 is 0 Å². The summed E-state index contributed by atoms with van der Waals surface area (Å²) in [6.07, 6.45) is 3.63. The number of aryl methyl sites for hydroxylation is 1. The van der Waals surface area contributed by atoms with Crippen LogP contribution in [0.4, 0.5) is 4.39 Å². The third kappa shape index (κ3) is 7.39. The first kappa shape index (κ1) is 27.6. The van der Waals surface area contributed by atoms with Crippen LogP contribution < -0.4 is 4.40 Å². The van der Waals surface area contributed by atoms with E-state index in [-0.39, 0.29) is 31.5 Å². The molecule has 229 valence electrons. The van der Waals surface area contributed by atoms with E-state index in [1.54, 1.807) is 35.7 Å². The molecular weight excluding hydrogens is 800 g/mol. The van der Waals surface area contributed by atoms with Crippen LogP contribution in [0.25, 0.3) is 42.7 Å². The van der Waals surface area contributed by atoms with Crippen LogP contribution in [-0.4, -0.2) is 23.2 Å². The van der Waals surface area contributed by atoms with Gasteiger partial charge in [0.15, 0.2) is 0 Å². The molecule has 0 unspecified atom stereocenters. The maximum absolute atomic E-state index is 14.3. The Morgan fingerprint density at radius 1 is 0.932 bits per heavy atom. The van der Waals surface area contributed by atoms with Crippen molar-refractivity contribution in [3.63, 3.8) is 0 Å². The van der Waals surface area contributed by atoms with Crippen molar-refractivity contribution in [3.05, 3.63) is 114 Å². The van der Waals surface area contributed by atoms with E-state index < -0.39 is 31.9 Å². The average Bonchev–Trinajstić information content (AvgIpc) is 3.40. The fourth-order valence-corrected chi connectivity index (χ4v) is 9.56. The van der Waals surface area contributed by atoms with Gasteiger partial charge in [0.05, 0.1) is 0 Å². The molecule has 0 saturated carbocycles. The Balaban J connectivity index is 0.000000216. The van der Waals surface area contributed by atoms with Gasteiger partial charge in [-0.15, -0.1) is 23.8 Å². The summed E-state index contributed by atoms with van der Waals surface area (Å²) < 4.78 is 56.4. The molecule has 0 aliphatic heterocycles. The molecule has 3 aromatic heterocycles. The molecule has 6 aromatic rings. The molecule has 3 aromatic carbocycles. The minimum absolute atomic E-state index is 0. The zero-order valence-electron chi connectivity index (χ0n) is 31.0. The second-order valence-corrected chi connectivity index (χ2v) is 23.7. The van der Waals surface area contributed by atoms with E-state index in [9.17, 15) is 4.39 Å². The molecule has 0 fully saturated rings. The Labute approximate surface area is 288 Å². The van der Waals surface area contributed by atoms with E-state index in [1.165, 1.54) is 16.5 Å². The number of halogens is 1. The molecule has 0 amide bonds. The smallest absolute Gasteiger partial charge is 0 e. The first-order chi connectivity index (χ1) is 22.2. The van der Waals surface area contributed by atoms with Gasteiger partial charge in [-0.3, -0.25) is 0 Å². The second kappa shape index (κ2) is 14.2. The van der Waals surface area contributed by atoms with Gasteiger partial charge in [-0.25, -0.2) is 4.39 Å². The van der Waals surface area contributed by atoms with Crippen LogP contribution in [-0.2, 0) is 20.1 Å². The van der Waals surface area contributed by atoms with Crippen LogP contribution in [0.5, 0.6) is 0 Å². The number of rotatable bonds is 5. The summed E-state index contributed by atoms with van der Waals surface area (Å²) in [7, 11) is 0. The summed E-state index contributed by atoms with van der Waals surface area (Å²) in [4.78, 5) is 9.04. The van der Waals surface area contributed by atoms with Crippen LogP contribution in [0, 0.1) is 24.8 Å². The van der Waals surface area contributed by atoms with Gasteiger partial charge in [0, 0.05) is 37.8 Å². The van der Waals surface area contributed by atoms with Crippen LogP contribution in [0.3, 0.4) is 0 Å². The molecule has 0 spiro atoms. The Bertz CT molecular complexity index is 2090. The van der Waals surface area contributed by atoms with Crippen LogP contribution in [0.15, 0.2) is 79.1 Å². The summed E-state index contributed by atoms with van der Waals surface area (Å²) in [6.45, 7) is 5.37. The number of pyridine rings is 2. The van der Waals surface area contributed by atoms with Gasteiger partial charge in [0.2, 0.25) is 0 Å². The average molecular weight is 845 g/mol. The number of aromatic nitrogens is 2. The minimum atomic E-state index is -2.14. The van der Waals surface area contributed by atoms with Crippen LogP contribution >= 0.6 is 11.3 Å². The molecular formula is C38H39FGeIrN2S-2. The third-order valence-corrected chi connectivity index (χ3v) is 12.8. The van der Waals surface area contributed by atoms with E-state index in [1.807, 2.05) is 70.3 Å². The van der Waals surface area contributed by atoms with E-state index in [4.69, 9.17) is 6.85 Å². The van der Waals surface area contributed by atoms with Gasteiger partial charge >= 0.3 is 131 Å². The number of fused-ring (bicyclic) bond motifs is 3. The van der Waals surface area contributed by atoms with Gasteiger partial charge in [-0.2, -0.15) is 11.3 Å². The van der Waals surface area contributed by atoms with Crippen molar-refractivity contribution in [3.8, 4) is 22.5 Å². The monoisotopic (exact) mass is 846 g/mol. The van der Waals surface area contributed by atoms with Crippen molar-refractivity contribution < 1.29 is 31.3 Å². The zero-order chi connectivity index (χ0) is 35.2. The zero-order valence-corrected chi connectivity index (χ0v) is 31.3. The fraction of sp³-hybridized carbons (Fsp3) is 0.263. The quantitative estimate of drug-likeness (QED) is 0.128. The number of nitrogens with zero attached hydrogens (tertiary/aromatic N) is 2. The second-order valence-electron chi connectivity index (χ2n) is 12.1. The predicted molar refractivity (Wildman–Crippen MR) is 186 cm³/mol. The maximum Gasteiger partial charge on any atom is 0 e. The van der Waals surface area contributed by atoms with E-state index in [0.717, 1.165) is 48.4 Å². The summed E-state index contributed by atoms with van der Waals surface area (Å²) in [6, 6.07) is 25.8. The molecule has 44 heavy (non-hydrogen) atoms. The van der Waals surface area contributed by atoms with Gasteiger partial charge in [0.1, 0.15) is 5.82 Å². The molecule has 6 rings (SSSR count). The van der Waals surface area contributed by atoms with Crippen molar-refractivity contribution in [2.45, 2.75) is 63.6 Å². The summed E-state index contributed by atoms with van der Waals surface area (Å²) >= 11 is -0.588. The van der Waals surface area contributed by atoms with Crippen molar-refractivity contribution in [1.82, 2.24) is 9.97 Å². The Morgan fingerprint density at radius 2 is 1.73 bits per heavy atom. The van der Waals surface area contributed by atoms with Crippen molar-refractivity contribution in [1.29, 1.82) is 0 Å². The van der Waals surface area contributed by atoms with Crippen LogP contribution in [0.2, 0.25) is 17.3 Å². The van der Waals surface area contributed by atoms with Gasteiger partial charge in [-0.1, -0.05) is 36.9 Å². The Hall–Kier alpha value is -2.70. The normalized spacial score (nSPS) is 14.0. The van der Waals surface area contributed by atoms with E-state index in [0.29, 0.717) is 5.39 Å². The molecule has 3 heterocycles. The topological polar surface area (TPSA) is 25.8 Å². The number of benzene rings is 3. The molecule has 0 bridgehead atoms. The first-order valence-corrected chi connectivity index (χ1v) is 22.4. The number of thiophene rings is 1. The molecule has 1 radical (unpaired) electrons. The summed E-state index contributed by atoms with van der Waals surface area (Å²) in [5, 5.41) is 1.55. The molecule has 6 heteroatoms.